The van der Waals surface area contributed by atoms with Crippen molar-refractivity contribution in [3.8, 4) is 0 Å². The van der Waals surface area contributed by atoms with Gasteiger partial charge in [-0.05, 0) is 26.7 Å². The van der Waals surface area contributed by atoms with Gasteiger partial charge in [-0.1, -0.05) is 6.92 Å². The molecule has 0 aromatic carbocycles. The van der Waals surface area contributed by atoms with Crippen molar-refractivity contribution >= 4 is 14.1 Å². The van der Waals surface area contributed by atoms with Crippen molar-refractivity contribution in [1.29, 1.82) is 0 Å². The number of amides is 1. The summed E-state index contributed by atoms with van der Waals surface area (Å²) >= 11 is 0. The number of carbonyl (C=O) groups is 1. The molecular weight excluding hydrogens is 333 g/mol. The first-order valence-electron chi connectivity index (χ1n) is 7.84. The molecule has 0 saturated carbocycles. The molecule has 1 amide bonds. The number of nitrogens with one attached hydrogen (secondary N) is 1. The number of likely N-dealkylation sites (N-methyl/N-ethyl adjacent to an activating group) is 1. The molecule has 1 aromatic rings. The standard InChI is InChI=1S/C15H22N3O5P/c1-6-15-10(23-24(4)5)9(17(3)13(15)20)12(22-15)18-7-8(2)11(19)16-14(18)21/h7,9-10,12H,6H2,1-5H3,(H,16,19,21)/t9-,10?,12+,15-/m0/s1. The zero-order valence-corrected chi connectivity index (χ0v) is 15.3. The molecule has 2 saturated heterocycles. The highest BCUT2D eigenvalue weighted by molar-refractivity contribution is 7.50. The van der Waals surface area contributed by atoms with Crippen LogP contribution >= 0.6 is 8.15 Å². The van der Waals surface area contributed by atoms with Crippen molar-refractivity contribution in [2.75, 3.05) is 20.4 Å². The molecule has 0 radical (unpaired) electrons. The van der Waals surface area contributed by atoms with Gasteiger partial charge < -0.3 is 14.2 Å². The Morgan fingerprint density at radius 1 is 1.38 bits per heavy atom. The number of hydrogen-bond acceptors (Lipinski definition) is 5. The Hall–Kier alpha value is -1.50. The first kappa shape index (κ1) is 17.3. The molecule has 2 aliphatic heterocycles. The van der Waals surface area contributed by atoms with Crippen molar-refractivity contribution in [2.24, 2.45) is 0 Å². The Morgan fingerprint density at radius 3 is 2.62 bits per heavy atom. The van der Waals surface area contributed by atoms with Gasteiger partial charge in [-0.25, -0.2) is 4.79 Å². The molecule has 9 heteroatoms. The molecule has 3 rings (SSSR count). The van der Waals surface area contributed by atoms with Gasteiger partial charge in [-0.3, -0.25) is 19.1 Å². The maximum absolute atomic E-state index is 12.7. The van der Waals surface area contributed by atoms with Crippen LogP contribution in [0.25, 0.3) is 0 Å². The quantitative estimate of drug-likeness (QED) is 0.790. The minimum Gasteiger partial charge on any atom is -0.351 e. The van der Waals surface area contributed by atoms with Gasteiger partial charge in [0.1, 0.15) is 12.1 Å². The second kappa shape index (κ2) is 5.79. The molecule has 2 fully saturated rings. The van der Waals surface area contributed by atoms with Crippen molar-refractivity contribution in [3.63, 3.8) is 0 Å². The summed E-state index contributed by atoms with van der Waals surface area (Å²) in [4.78, 5) is 40.4. The Kier molecular flexibility index (Phi) is 4.18. The third-order valence-corrected chi connectivity index (χ3v) is 5.44. The van der Waals surface area contributed by atoms with Gasteiger partial charge in [0.2, 0.25) is 0 Å². The van der Waals surface area contributed by atoms with Gasteiger partial charge in [0.15, 0.2) is 11.8 Å². The van der Waals surface area contributed by atoms with E-state index in [1.54, 1.807) is 18.9 Å². The number of carbonyl (C=O) groups excluding carboxylic acids is 1. The summed E-state index contributed by atoms with van der Waals surface area (Å²) in [5.41, 5.74) is -1.65. The zero-order valence-electron chi connectivity index (χ0n) is 14.4. The number of rotatable bonds is 4. The van der Waals surface area contributed by atoms with Crippen LogP contribution in [0.1, 0.15) is 25.1 Å². The van der Waals surface area contributed by atoms with Crippen LogP contribution < -0.4 is 11.2 Å². The van der Waals surface area contributed by atoms with Crippen molar-refractivity contribution in [3.05, 3.63) is 32.6 Å². The average molecular weight is 355 g/mol. The van der Waals surface area contributed by atoms with Crippen LogP contribution in [0.5, 0.6) is 0 Å². The van der Waals surface area contributed by atoms with Gasteiger partial charge in [0.05, 0.1) is 0 Å². The molecule has 1 unspecified atom stereocenters. The lowest BCUT2D eigenvalue weighted by Crippen LogP contribution is -2.50. The number of nitrogens with zero attached hydrogens (tertiary/aromatic N) is 2. The predicted octanol–water partition coefficient (Wildman–Crippen LogP) is 0.405. The Morgan fingerprint density at radius 2 is 2.04 bits per heavy atom. The number of hydrogen-bond donors (Lipinski definition) is 1. The fourth-order valence-corrected chi connectivity index (χ4v) is 4.33. The summed E-state index contributed by atoms with van der Waals surface area (Å²) < 4.78 is 13.5. The third-order valence-electron chi connectivity index (χ3n) is 4.79. The maximum Gasteiger partial charge on any atom is 0.330 e. The number of aromatic amines is 1. The van der Waals surface area contributed by atoms with Crippen LogP contribution in [-0.4, -0.2) is 58.5 Å². The van der Waals surface area contributed by atoms with E-state index in [-0.39, 0.29) is 5.91 Å². The van der Waals surface area contributed by atoms with Crippen molar-refractivity contribution < 1.29 is 14.1 Å². The minimum absolute atomic E-state index is 0.123. The number of aromatic nitrogens is 2. The topological polar surface area (TPSA) is 93.6 Å². The third kappa shape index (κ3) is 2.28. The van der Waals surface area contributed by atoms with Gasteiger partial charge in [0, 0.05) is 27.0 Å². The summed E-state index contributed by atoms with van der Waals surface area (Å²) in [5.74, 6) is -0.123. The van der Waals surface area contributed by atoms with E-state index in [4.69, 9.17) is 9.26 Å². The Balaban J connectivity index is 2.10. The van der Waals surface area contributed by atoms with Gasteiger partial charge >= 0.3 is 5.69 Å². The lowest BCUT2D eigenvalue weighted by molar-refractivity contribution is -0.175. The van der Waals surface area contributed by atoms with Crippen LogP contribution in [0.2, 0.25) is 0 Å². The number of H-pyrrole nitrogens is 1. The summed E-state index contributed by atoms with van der Waals surface area (Å²) in [5, 5.41) is 0. The van der Waals surface area contributed by atoms with E-state index < -0.39 is 43.4 Å². The van der Waals surface area contributed by atoms with Crippen molar-refractivity contribution in [2.45, 2.75) is 44.2 Å². The lowest BCUT2D eigenvalue weighted by atomic mass is 9.96. The van der Waals surface area contributed by atoms with Crippen LogP contribution in [0, 0.1) is 6.92 Å². The number of ether oxygens (including phenoxy) is 1. The van der Waals surface area contributed by atoms with E-state index in [0.717, 1.165) is 0 Å². The summed E-state index contributed by atoms with van der Waals surface area (Å²) in [6, 6.07) is -0.412. The highest BCUT2D eigenvalue weighted by atomic mass is 31.1. The molecule has 2 bridgehead atoms. The fraction of sp³-hybridized carbons (Fsp3) is 0.667. The molecule has 2 aliphatic rings. The van der Waals surface area contributed by atoms with E-state index in [1.165, 1.54) is 10.8 Å². The lowest BCUT2D eigenvalue weighted by Gasteiger charge is -2.34. The normalized spacial score (nSPS) is 32.2. The highest BCUT2D eigenvalue weighted by Crippen LogP contribution is 2.52. The molecule has 8 nitrogen and oxygen atoms in total. The zero-order chi connectivity index (χ0) is 17.8. The number of likely N-dealkylation sites (tertiary alicyclic amines) is 1. The largest absolute Gasteiger partial charge is 0.351 e. The Bertz CT molecular complexity index is 788. The molecule has 1 N–H and O–H groups in total. The van der Waals surface area contributed by atoms with E-state index in [1.807, 2.05) is 20.3 Å². The van der Waals surface area contributed by atoms with Gasteiger partial charge in [0.25, 0.3) is 11.5 Å². The van der Waals surface area contributed by atoms with Crippen LogP contribution in [0.15, 0.2) is 15.8 Å². The summed E-state index contributed by atoms with van der Waals surface area (Å²) in [7, 11) is 0.990. The van der Waals surface area contributed by atoms with Crippen LogP contribution in [0.3, 0.4) is 0 Å². The Labute approximate surface area is 140 Å². The minimum atomic E-state index is -1.08. The molecule has 132 valence electrons. The fourth-order valence-electron chi connectivity index (χ4n) is 3.58. The second-order valence-corrected chi connectivity index (χ2v) is 8.31. The van der Waals surface area contributed by atoms with E-state index in [9.17, 15) is 14.4 Å². The number of aryl methyl sites for hydroxylation is 1. The molecule has 4 atom stereocenters. The van der Waals surface area contributed by atoms with Crippen LogP contribution in [-0.2, 0) is 14.1 Å². The molecule has 0 aliphatic carbocycles. The predicted molar refractivity (Wildman–Crippen MR) is 89.4 cm³/mol. The highest BCUT2D eigenvalue weighted by Gasteiger charge is 2.69. The second-order valence-electron chi connectivity index (χ2n) is 6.48. The molecular formula is C15H22N3O5P. The first-order chi connectivity index (χ1) is 11.2. The number of morpholine rings is 1. The molecule has 24 heavy (non-hydrogen) atoms. The molecule has 3 heterocycles. The number of fused-ring (bicyclic) bond motifs is 2. The molecule has 0 spiro atoms. The monoisotopic (exact) mass is 355 g/mol. The maximum atomic E-state index is 12.7. The van der Waals surface area contributed by atoms with E-state index >= 15 is 0 Å². The average Bonchev–Trinajstić information content (AvgIpc) is 2.92. The van der Waals surface area contributed by atoms with E-state index in [0.29, 0.717) is 12.0 Å². The summed E-state index contributed by atoms with van der Waals surface area (Å²) in [6.07, 6.45) is 0.806. The smallest absolute Gasteiger partial charge is 0.330 e. The SMILES string of the molecule is CC[C@]12O[C@@H](n3cc(C)c(=O)[nH]c3=O)[C@H](C1OP(C)C)N(C)C2=O. The summed E-state index contributed by atoms with van der Waals surface area (Å²) in [6.45, 7) is 7.43. The van der Waals surface area contributed by atoms with E-state index in [2.05, 4.69) is 4.98 Å². The van der Waals surface area contributed by atoms with Crippen molar-refractivity contribution in [1.82, 2.24) is 14.5 Å². The first-order valence-corrected chi connectivity index (χ1v) is 9.99. The van der Waals surface area contributed by atoms with Crippen LogP contribution in [0.4, 0.5) is 0 Å². The molecule has 1 aromatic heterocycles. The van der Waals surface area contributed by atoms with Gasteiger partial charge in [-0.2, -0.15) is 0 Å². The van der Waals surface area contributed by atoms with Gasteiger partial charge in [-0.15, -0.1) is 0 Å².